The van der Waals surface area contributed by atoms with Crippen LogP contribution in [-0.2, 0) is 4.74 Å². The molecule has 126 valence electrons. The van der Waals surface area contributed by atoms with Gasteiger partial charge in [-0.1, -0.05) is 18.2 Å². The minimum atomic E-state index is -1.36. The maximum Gasteiger partial charge on any atom is 0.351 e. The fourth-order valence-corrected chi connectivity index (χ4v) is 2.46. The summed E-state index contributed by atoms with van der Waals surface area (Å²) in [5, 5.41) is 21.6. The van der Waals surface area contributed by atoms with Gasteiger partial charge in [-0.2, -0.15) is 4.98 Å². The highest BCUT2D eigenvalue weighted by Gasteiger charge is 2.39. The van der Waals surface area contributed by atoms with Crippen LogP contribution in [0.15, 0.2) is 47.4 Å². The molecule has 1 aromatic heterocycles. The Bertz CT molecular complexity index is 792. The second kappa shape index (κ2) is 6.52. The van der Waals surface area contributed by atoms with E-state index < -0.39 is 24.1 Å². The van der Waals surface area contributed by atoms with E-state index in [1.165, 1.54) is 16.8 Å². The van der Waals surface area contributed by atoms with Crippen molar-refractivity contribution in [2.45, 2.75) is 18.2 Å². The van der Waals surface area contributed by atoms with E-state index in [-0.39, 0.29) is 24.8 Å². The maximum atomic E-state index is 12.1. The summed E-state index contributed by atoms with van der Waals surface area (Å²) in [6.45, 7) is -0.510. The summed E-state index contributed by atoms with van der Waals surface area (Å²) in [6, 6.07) is 10.0. The minimum absolute atomic E-state index is 0.0624. The fraction of sp³-hybridized carbons (Fsp3) is 0.312. The molecule has 2 atom stereocenters. The largest absolute Gasteiger partial charge is 0.393 e. The Morgan fingerprint density at radius 3 is 2.75 bits per heavy atom. The van der Waals surface area contributed by atoms with E-state index in [4.69, 9.17) is 9.84 Å². The maximum absolute atomic E-state index is 12.1. The van der Waals surface area contributed by atoms with E-state index in [9.17, 15) is 14.7 Å². The van der Waals surface area contributed by atoms with Gasteiger partial charge in [-0.25, -0.2) is 4.79 Å². The van der Waals surface area contributed by atoms with Crippen LogP contribution in [0.2, 0.25) is 0 Å². The average molecular weight is 331 g/mol. The predicted octanol–water partition coefficient (Wildman–Crippen LogP) is 0.138. The molecule has 1 saturated heterocycles. The SMILES string of the molecule is O=C(Nc1ccn([C@@H]2CC(O)(CO)CO2)c(=O)n1)c1ccccc1. The Morgan fingerprint density at radius 1 is 1.38 bits per heavy atom. The van der Waals surface area contributed by atoms with Crippen molar-refractivity contribution in [1.29, 1.82) is 0 Å². The molecule has 0 radical (unpaired) electrons. The number of ether oxygens (including phenoxy) is 1. The number of nitrogens with zero attached hydrogens (tertiary/aromatic N) is 2. The molecular weight excluding hydrogens is 314 g/mol. The second-order valence-corrected chi connectivity index (χ2v) is 5.68. The molecule has 8 heteroatoms. The van der Waals surface area contributed by atoms with Crippen LogP contribution in [0.1, 0.15) is 23.0 Å². The van der Waals surface area contributed by atoms with Gasteiger partial charge in [-0.15, -0.1) is 0 Å². The molecule has 2 heterocycles. The van der Waals surface area contributed by atoms with Crippen molar-refractivity contribution in [3.8, 4) is 0 Å². The topological polar surface area (TPSA) is 114 Å². The van der Waals surface area contributed by atoms with E-state index in [0.29, 0.717) is 5.56 Å². The number of carbonyl (C=O) groups excluding carboxylic acids is 1. The van der Waals surface area contributed by atoms with E-state index in [1.54, 1.807) is 30.3 Å². The van der Waals surface area contributed by atoms with Crippen LogP contribution in [0, 0.1) is 0 Å². The first-order valence-electron chi connectivity index (χ1n) is 7.41. The van der Waals surface area contributed by atoms with Crippen molar-refractivity contribution >= 4 is 11.7 Å². The molecule has 0 saturated carbocycles. The van der Waals surface area contributed by atoms with Crippen LogP contribution in [0.5, 0.6) is 0 Å². The second-order valence-electron chi connectivity index (χ2n) is 5.68. The molecular formula is C16H17N3O5. The predicted molar refractivity (Wildman–Crippen MR) is 84.5 cm³/mol. The zero-order valence-corrected chi connectivity index (χ0v) is 12.8. The van der Waals surface area contributed by atoms with Crippen molar-refractivity contribution in [2.24, 2.45) is 0 Å². The standard InChI is InChI=1S/C16H17N3O5/c20-9-16(23)8-13(24-10-16)19-7-6-12(18-15(19)22)17-14(21)11-4-2-1-3-5-11/h1-7,13,20,23H,8-10H2,(H,17,18,21,22)/t13-,16?/m0/s1. The molecule has 8 nitrogen and oxygen atoms in total. The summed E-state index contributed by atoms with van der Waals surface area (Å²) in [5.74, 6) is -0.243. The lowest BCUT2D eigenvalue weighted by Crippen LogP contribution is -2.34. The van der Waals surface area contributed by atoms with Gasteiger partial charge in [0, 0.05) is 18.2 Å². The third-order valence-corrected chi connectivity index (χ3v) is 3.81. The molecule has 1 amide bonds. The van der Waals surface area contributed by atoms with Gasteiger partial charge in [0.2, 0.25) is 0 Å². The summed E-state index contributed by atoms with van der Waals surface area (Å²) in [7, 11) is 0. The molecule has 3 N–H and O–H groups in total. The molecule has 1 fully saturated rings. The summed E-state index contributed by atoms with van der Waals surface area (Å²) >= 11 is 0. The Hall–Kier alpha value is -2.55. The smallest absolute Gasteiger partial charge is 0.351 e. The summed E-state index contributed by atoms with van der Waals surface area (Å²) in [5.41, 5.74) is -1.52. The number of aliphatic hydroxyl groups excluding tert-OH is 1. The van der Waals surface area contributed by atoms with Crippen LogP contribution in [-0.4, -0.2) is 44.5 Å². The van der Waals surface area contributed by atoms with Crippen molar-refractivity contribution in [2.75, 3.05) is 18.5 Å². The molecule has 3 rings (SSSR count). The fourth-order valence-electron chi connectivity index (χ4n) is 2.46. The van der Waals surface area contributed by atoms with E-state index in [2.05, 4.69) is 10.3 Å². The summed E-state index contributed by atoms with van der Waals surface area (Å²) < 4.78 is 6.56. The van der Waals surface area contributed by atoms with Gasteiger partial charge in [0.15, 0.2) is 0 Å². The van der Waals surface area contributed by atoms with Gasteiger partial charge in [0.1, 0.15) is 17.6 Å². The van der Waals surface area contributed by atoms with E-state index >= 15 is 0 Å². The van der Waals surface area contributed by atoms with E-state index in [1.807, 2.05) is 0 Å². The molecule has 24 heavy (non-hydrogen) atoms. The van der Waals surface area contributed by atoms with Crippen molar-refractivity contribution < 1.29 is 19.7 Å². The first-order chi connectivity index (χ1) is 11.5. The molecule has 0 aliphatic carbocycles. The normalized spacial score (nSPS) is 23.2. The Kier molecular flexibility index (Phi) is 4.43. The first-order valence-corrected chi connectivity index (χ1v) is 7.41. The average Bonchev–Trinajstić information content (AvgIpc) is 2.98. The quantitative estimate of drug-likeness (QED) is 0.734. The van der Waals surface area contributed by atoms with Gasteiger partial charge in [-0.05, 0) is 18.2 Å². The molecule has 1 aliphatic heterocycles. The van der Waals surface area contributed by atoms with Crippen molar-refractivity contribution in [3.05, 3.63) is 58.6 Å². The number of benzene rings is 1. The monoisotopic (exact) mass is 331 g/mol. The van der Waals surface area contributed by atoms with Crippen LogP contribution in [0.3, 0.4) is 0 Å². The zero-order chi connectivity index (χ0) is 17.2. The minimum Gasteiger partial charge on any atom is -0.393 e. The van der Waals surface area contributed by atoms with Gasteiger partial charge in [0.05, 0.1) is 13.2 Å². The van der Waals surface area contributed by atoms with Crippen LogP contribution >= 0.6 is 0 Å². The molecule has 1 aliphatic rings. The first kappa shape index (κ1) is 16.3. The zero-order valence-electron chi connectivity index (χ0n) is 12.8. The molecule has 2 aromatic rings. The van der Waals surface area contributed by atoms with Crippen molar-refractivity contribution in [3.63, 3.8) is 0 Å². The van der Waals surface area contributed by atoms with Crippen LogP contribution in [0.4, 0.5) is 5.82 Å². The number of hydrogen-bond acceptors (Lipinski definition) is 6. The number of aromatic nitrogens is 2. The number of rotatable bonds is 4. The molecule has 1 unspecified atom stereocenters. The number of carbonyl (C=O) groups is 1. The van der Waals surface area contributed by atoms with Gasteiger partial charge < -0.3 is 20.3 Å². The summed E-state index contributed by atoms with van der Waals surface area (Å²) in [6.07, 6.45) is 0.811. The Labute approximate surface area is 137 Å². The Morgan fingerprint density at radius 2 is 2.12 bits per heavy atom. The Balaban J connectivity index is 1.74. The number of amides is 1. The summed E-state index contributed by atoms with van der Waals surface area (Å²) in [4.78, 5) is 28.0. The molecule has 0 bridgehead atoms. The highest BCUT2D eigenvalue weighted by atomic mass is 16.5. The molecule has 0 spiro atoms. The number of hydrogen-bond donors (Lipinski definition) is 3. The number of nitrogens with one attached hydrogen (secondary N) is 1. The van der Waals surface area contributed by atoms with E-state index in [0.717, 1.165) is 0 Å². The third kappa shape index (κ3) is 3.35. The number of aliphatic hydroxyl groups is 2. The lowest BCUT2D eigenvalue weighted by molar-refractivity contribution is -0.0239. The highest BCUT2D eigenvalue weighted by molar-refractivity contribution is 6.03. The third-order valence-electron chi connectivity index (χ3n) is 3.81. The van der Waals surface area contributed by atoms with Crippen LogP contribution in [0.25, 0.3) is 0 Å². The van der Waals surface area contributed by atoms with Gasteiger partial charge >= 0.3 is 5.69 Å². The van der Waals surface area contributed by atoms with Crippen molar-refractivity contribution in [1.82, 2.24) is 9.55 Å². The lowest BCUT2D eigenvalue weighted by Gasteiger charge is -2.17. The number of anilines is 1. The highest BCUT2D eigenvalue weighted by Crippen LogP contribution is 2.29. The molecule has 1 aromatic carbocycles. The van der Waals surface area contributed by atoms with Gasteiger partial charge in [0.25, 0.3) is 5.91 Å². The lowest BCUT2D eigenvalue weighted by atomic mass is 10.0. The van der Waals surface area contributed by atoms with Crippen LogP contribution < -0.4 is 11.0 Å². The van der Waals surface area contributed by atoms with Gasteiger partial charge in [-0.3, -0.25) is 9.36 Å².